The van der Waals surface area contributed by atoms with E-state index in [1.165, 1.54) is 0 Å². The van der Waals surface area contributed by atoms with Gasteiger partial charge in [-0.05, 0) is 23.3 Å². The summed E-state index contributed by atoms with van der Waals surface area (Å²) >= 11 is 0. The standard InChI is InChI=1S/C14H26O3/c1-8(2)14(7-15)17-13-6-12(16)10(4)9(3)11(13)5/h8-10,12-16H,5-7H2,1-4H3. The lowest BCUT2D eigenvalue weighted by atomic mass is 9.75. The van der Waals surface area contributed by atoms with Gasteiger partial charge in [-0.3, -0.25) is 0 Å². The van der Waals surface area contributed by atoms with Crippen LogP contribution in [0.1, 0.15) is 34.1 Å². The molecule has 0 amide bonds. The van der Waals surface area contributed by atoms with Crippen molar-refractivity contribution in [1.82, 2.24) is 0 Å². The first kappa shape index (κ1) is 14.7. The highest BCUT2D eigenvalue weighted by molar-refractivity contribution is 5.13. The van der Waals surface area contributed by atoms with E-state index in [9.17, 15) is 10.2 Å². The van der Waals surface area contributed by atoms with Gasteiger partial charge in [-0.1, -0.05) is 34.3 Å². The van der Waals surface area contributed by atoms with Gasteiger partial charge >= 0.3 is 0 Å². The molecule has 100 valence electrons. The molecule has 5 atom stereocenters. The number of aliphatic hydroxyl groups excluding tert-OH is 2. The van der Waals surface area contributed by atoms with Gasteiger partial charge < -0.3 is 14.9 Å². The second-order valence-electron chi connectivity index (χ2n) is 5.62. The molecule has 17 heavy (non-hydrogen) atoms. The first-order valence-corrected chi connectivity index (χ1v) is 6.51. The van der Waals surface area contributed by atoms with Gasteiger partial charge in [-0.2, -0.15) is 0 Å². The molecule has 3 heteroatoms. The summed E-state index contributed by atoms with van der Waals surface area (Å²) in [5.41, 5.74) is 1.04. The largest absolute Gasteiger partial charge is 0.394 e. The Morgan fingerprint density at radius 1 is 1.41 bits per heavy atom. The molecule has 5 unspecified atom stereocenters. The summed E-state index contributed by atoms with van der Waals surface area (Å²) in [5, 5.41) is 19.3. The maximum absolute atomic E-state index is 9.98. The summed E-state index contributed by atoms with van der Waals surface area (Å²) in [6.45, 7) is 12.3. The predicted octanol–water partition coefficient (Wildman–Crippen LogP) is 1.98. The SMILES string of the molecule is C=C1C(OC(CO)C(C)C)CC(O)C(C)C1C. The van der Waals surface area contributed by atoms with Gasteiger partial charge in [0.25, 0.3) is 0 Å². The van der Waals surface area contributed by atoms with E-state index in [-0.39, 0.29) is 42.7 Å². The second kappa shape index (κ2) is 5.98. The third-order valence-corrected chi connectivity index (χ3v) is 4.11. The smallest absolute Gasteiger partial charge is 0.0836 e. The number of hydrogen-bond acceptors (Lipinski definition) is 3. The zero-order valence-corrected chi connectivity index (χ0v) is 11.4. The Morgan fingerprint density at radius 3 is 2.47 bits per heavy atom. The van der Waals surface area contributed by atoms with Crippen molar-refractivity contribution in [3.63, 3.8) is 0 Å². The van der Waals surface area contributed by atoms with Crippen LogP contribution in [0.5, 0.6) is 0 Å². The van der Waals surface area contributed by atoms with E-state index in [1.807, 2.05) is 20.8 Å². The normalized spacial score (nSPS) is 36.3. The van der Waals surface area contributed by atoms with E-state index in [0.717, 1.165) is 5.57 Å². The van der Waals surface area contributed by atoms with Gasteiger partial charge in [0.2, 0.25) is 0 Å². The van der Waals surface area contributed by atoms with Crippen molar-refractivity contribution in [3.8, 4) is 0 Å². The number of ether oxygens (including phenoxy) is 1. The first-order chi connectivity index (χ1) is 7.88. The number of rotatable bonds is 4. The minimum atomic E-state index is -0.341. The Morgan fingerprint density at radius 2 is 2.00 bits per heavy atom. The summed E-state index contributed by atoms with van der Waals surface area (Å²) in [4.78, 5) is 0. The van der Waals surface area contributed by atoms with Crippen LogP contribution in [0.4, 0.5) is 0 Å². The number of hydrogen-bond donors (Lipinski definition) is 2. The lowest BCUT2D eigenvalue weighted by Crippen LogP contribution is -2.42. The minimum Gasteiger partial charge on any atom is -0.394 e. The van der Waals surface area contributed by atoms with Crippen molar-refractivity contribution in [1.29, 1.82) is 0 Å². The molecule has 2 N–H and O–H groups in total. The molecule has 1 aliphatic rings. The van der Waals surface area contributed by atoms with Crippen molar-refractivity contribution < 1.29 is 14.9 Å². The third kappa shape index (κ3) is 3.30. The molecule has 1 fully saturated rings. The quantitative estimate of drug-likeness (QED) is 0.741. The summed E-state index contributed by atoms with van der Waals surface area (Å²) in [5.74, 6) is 0.754. The van der Waals surface area contributed by atoms with Crippen LogP contribution in [0.3, 0.4) is 0 Å². The van der Waals surface area contributed by atoms with Crippen LogP contribution in [-0.2, 0) is 4.74 Å². The molecule has 0 aliphatic heterocycles. The Balaban J connectivity index is 2.68. The van der Waals surface area contributed by atoms with Crippen molar-refractivity contribution >= 4 is 0 Å². The first-order valence-electron chi connectivity index (χ1n) is 6.51. The van der Waals surface area contributed by atoms with Crippen molar-refractivity contribution in [3.05, 3.63) is 12.2 Å². The van der Waals surface area contributed by atoms with Crippen LogP contribution < -0.4 is 0 Å². The average Bonchev–Trinajstić information content (AvgIpc) is 2.29. The van der Waals surface area contributed by atoms with Gasteiger partial charge in [-0.15, -0.1) is 0 Å². The Labute approximate surface area is 104 Å². The molecule has 0 bridgehead atoms. The number of aliphatic hydroxyl groups is 2. The molecular weight excluding hydrogens is 216 g/mol. The fourth-order valence-corrected chi connectivity index (χ4v) is 2.31. The molecule has 0 saturated heterocycles. The average molecular weight is 242 g/mol. The van der Waals surface area contributed by atoms with Crippen LogP contribution in [0.15, 0.2) is 12.2 Å². The van der Waals surface area contributed by atoms with Gasteiger partial charge in [0.1, 0.15) is 0 Å². The van der Waals surface area contributed by atoms with Gasteiger partial charge in [0.05, 0.1) is 24.9 Å². The lowest BCUT2D eigenvalue weighted by molar-refractivity contribution is -0.0851. The van der Waals surface area contributed by atoms with E-state index in [0.29, 0.717) is 6.42 Å². The van der Waals surface area contributed by atoms with Crippen LogP contribution in [0.25, 0.3) is 0 Å². The van der Waals surface area contributed by atoms with Crippen molar-refractivity contribution in [2.45, 2.75) is 52.4 Å². The van der Waals surface area contributed by atoms with Gasteiger partial charge in [0.15, 0.2) is 0 Å². The molecule has 0 aromatic heterocycles. The van der Waals surface area contributed by atoms with Crippen LogP contribution in [0, 0.1) is 17.8 Å². The molecule has 1 rings (SSSR count). The van der Waals surface area contributed by atoms with E-state index >= 15 is 0 Å². The van der Waals surface area contributed by atoms with E-state index in [2.05, 4.69) is 13.5 Å². The zero-order valence-electron chi connectivity index (χ0n) is 11.4. The van der Waals surface area contributed by atoms with Crippen LogP contribution in [0.2, 0.25) is 0 Å². The zero-order chi connectivity index (χ0) is 13.2. The molecule has 1 aliphatic carbocycles. The predicted molar refractivity (Wildman–Crippen MR) is 68.7 cm³/mol. The molecule has 3 nitrogen and oxygen atoms in total. The maximum atomic E-state index is 9.98. The van der Waals surface area contributed by atoms with E-state index in [4.69, 9.17) is 4.74 Å². The van der Waals surface area contributed by atoms with Crippen molar-refractivity contribution in [2.75, 3.05) is 6.61 Å². The van der Waals surface area contributed by atoms with Gasteiger partial charge in [-0.25, -0.2) is 0 Å². The molecule has 0 aromatic carbocycles. The van der Waals surface area contributed by atoms with E-state index < -0.39 is 0 Å². The molecule has 0 heterocycles. The lowest BCUT2D eigenvalue weighted by Gasteiger charge is -2.39. The third-order valence-electron chi connectivity index (χ3n) is 4.11. The fraction of sp³-hybridized carbons (Fsp3) is 0.857. The van der Waals surface area contributed by atoms with E-state index in [1.54, 1.807) is 0 Å². The molecule has 0 spiro atoms. The second-order valence-corrected chi connectivity index (χ2v) is 5.62. The Kier molecular flexibility index (Phi) is 5.17. The van der Waals surface area contributed by atoms with Crippen molar-refractivity contribution in [2.24, 2.45) is 17.8 Å². The van der Waals surface area contributed by atoms with Gasteiger partial charge in [0, 0.05) is 6.42 Å². The molecule has 0 aromatic rings. The van der Waals surface area contributed by atoms with Crippen LogP contribution in [-0.4, -0.2) is 35.1 Å². The molecular formula is C14H26O3. The van der Waals surface area contributed by atoms with Crippen LogP contribution >= 0.6 is 0 Å². The molecule has 1 saturated carbocycles. The summed E-state index contributed by atoms with van der Waals surface area (Å²) in [6, 6.07) is 0. The summed E-state index contributed by atoms with van der Waals surface area (Å²) in [7, 11) is 0. The highest BCUT2D eigenvalue weighted by atomic mass is 16.5. The summed E-state index contributed by atoms with van der Waals surface area (Å²) in [6.07, 6.45) is -0.0552. The monoisotopic (exact) mass is 242 g/mol. The molecule has 0 radical (unpaired) electrons. The summed E-state index contributed by atoms with van der Waals surface area (Å²) < 4.78 is 5.89. The fourth-order valence-electron chi connectivity index (χ4n) is 2.31. The Bertz CT molecular complexity index is 262. The minimum absolute atomic E-state index is 0.0154. The highest BCUT2D eigenvalue weighted by Gasteiger charge is 2.36. The highest BCUT2D eigenvalue weighted by Crippen LogP contribution is 2.35. The Hall–Kier alpha value is -0.380. The maximum Gasteiger partial charge on any atom is 0.0836 e. The topological polar surface area (TPSA) is 49.7 Å².